The maximum Gasteiger partial charge on any atom is 0.224 e. The smallest absolute Gasteiger partial charge is 0.224 e. The second-order valence-electron chi connectivity index (χ2n) is 4.35. The van der Waals surface area contributed by atoms with Crippen molar-refractivity contribution in [2.45, 2.75) is 31.8 Å². The average Bonchev–Trinajstić information content (AvgIpc) is 2.84. The van der Waals surface area contributed by atoms with E-state index in [1.165, 1.54) is 0 Å². The van der Waals surface area contributed by atoms with E-state index in [9.17, 15) is 4.79 Å². The number of benzene rings is 1. The van der Waals surface area contributed by atoms with Crippen molar-refractivity contribution in [3.63, 3.8) is 0 Å². The van der Waals surface area contributed by atoms with Crippen LogP contribution >= 0.6 is 27.5 Å². The summed E-state index contributed by atoms with van der Waals surface area (Å²) < 4.78 is 6.32. The minimum absolute atomic E-state index is 0.00605. The van der Waals surface area contributed by atoms with Gasteiger partial charge in [-0.15, -0.1) is 0 Å². The maximum absolute atomic E-state index is 11.8. The largest absolute Gasteiger partial charge is 0.378 e. The van der Waals surface area contributed by atoms with E-state index < -0.39 is 0 Å². The summed E-state index contributed by atoms with van der Waals surface area (Å²) in [5, 5.41) is 3.45. The number of halogens is 2. The third kappa shape index (κ3) is 3.97. The molecule has 98 valence electrons. The molecule has 0 aromatic heterocycles. The summed E-state index contributed by atoms with van der Waals surface area (Å²) in [4.78, 5) is 11.8. The molecule has 1 aromatic rings. The third-order valence-electron chi connectivity index (χ3n) is 2.92. The highest BCUT2D eigenvalue weighted by Gasteiger charge is 2.17. The number of carbonyl (C=O) groups excluding carboxylic acids is 1. The van der Waals surface area contributed by atoms with Gasteiger partial charge in [-0.2, -0.15) is 0 Å². The molecule has 1 aliphatic heterocycles. The Labute approximate surface area is 120 Å². The zero-order valence-electron chi connectivity index (χ0n) is 9.92. The van der Waals surface area contributed by atoms with Crippen LogP contribution in [0.4, 0.5) is 5.69 Å². The predicted octanol–water partition coefficient (Wildman–Crippen LogP) is 4.00. The molecule has 18 heavy (non-hydrogen) atoms. The molecule has 1 unspecified atom stereocenters. The molecule has 0 aliphatic carbocycles. The van der Waals surface area contributed by atoms with Crippen molar-refractivity contribution in [2.75, 3.05) is 11.9 Å². The molecule has 0 radical (unpaired) electrons. The summed E-state index contributed by atoms with van der Waals surface area (Å²) in [6.07, 6.45) is 3.67. The number of hydrogen-bond donors (Lipinski definition) is 1. The Bertz CT molecular complexity index is 433. The van der Waals surface area contributed by atoms with E-state index in [1.807, 2.05) is 6.07 Å². The zero-order chi connectivity index (χ0) is 13.0. The Morgan fingerprint density at radius 3 is 3.11 bits per heavy atom. The van der Waals surface area contributed by atoms with E-state index in [1.54, 1.807) is 12.1 Å². The van der Waals surface area contributed by atoms with E-state index in [2.05, 4.69) is 21.2 Å². The topological polar surface area (TPSA) is 38.3 Å². The summed E-state index contributed by atoms with van der Waals surface area (Å²) in [5.41, 5.74) is 0.708. The van der Waals surface area contributed by atoms with Gasteiger partial charge in [-0.05, 0) is 53.4 Å². The van der Waals surface area contributed by atoms with Crippen LogP contribution in [0.25, 0.3) is 0 Å². The summed E-state index contributed by atoms with van der Waals surface area (Å²) in [6.45, 7) is 0.826. The van der Waals surface area contributed by atoms with Gasteiger partial charge in [0.05, 0.1) is 11.8 Å². The molecule has 1 amide bonds. The first-order valence-electron chi connectivity index (χ1n) is 6.01. The van der Waals surface area contributed by atoms with Gasteiger partial charge in [-0.3, -0.25) is 4.79 Å². The number of anilines is 1. The zero-order valence-corrected chi connectivity index (χ0v) is 12.3. The maximum atomic E-state index is 11.8. The Balaban J connectivity index is 1.84. The number of carbonyl (C=O) groups is 1. The van der Waals surface area contributed by atoms with Gasteiger partial charge in [-0.25, -0.2) is 0 Å². The van der Waals surface area contributed by atoms with Gasteiger partial charge in [0.2, 0.25) is 5.91 Å². The number of amides is 1. The summed E-state index contributed by atoms with van der Waals surface area (Å²) >= 11 is 9.27. The first-order valence-corrected chi connectivity index (χ1v) is 7.19. The van der Waals surface area contributed by atoms with Crippen LogP contribution < -0.4 is 5.32 Å². The Kier molecular flexibility index (Phi) is 5.03. The third-order valence-corrected chi connectivity index (χ3v) is 3.85. The van der Waals surface area contributed by atoms with Crippen molar-refractivity contribution < 1.29 is 9.53 Å². The Morgan fingerprint density at radius 1 is 1.56 bits per heavy atom. The molecule has 2 rings (SSSR count). The van der Waals surface area contributed by atoms with Crippen molar-refractivity contribution in [3.8, 4) is 0 Å². The second kappa shape index (κ2) is 6.55. The lowest BCUT2D eigenvalue weighted by Gasteiger charge is -2.10. The SMILES string of the molecule is O=C(CCC1CCCO1)Nc1cc(Cl)ccc1Br. The van der Waals surface area contributed by atoms with Gasteiger partial charge in [-0.1, -0.05) is 11.6 Å². The Hall–Kier alpha value is -0.580. The van der Waals surface area contributed by atoms with Crippen LogP contribution in [0, 0.1) is 0 Å². The number of rotatable bonds is 4. The van der Waals surface area contributed by atoms with Gasteiger partial charge < -0.3 is 10.1 Å². The van der Waals surface area contributed by atoms with Crippen LogP contribution in [0.3, 0.4) is 0 Å². The fraction of sp³-hybridized carbons (Fsp3) is 0.462. The molecule has 3 nitrogen and oxygen atoms in total. The van der Waals surface area contributed by atoms with E-state index >= 15 is 0 Å². The lowest BCUT2D eigenvalue weighted by atomic mass is 10.1. The second-order valence-corrected chi connectivity index (χ2v) is 5.64. The van der Waals surface area contributed by atoms with Crippen LogP contribution in [0.15, 0.2) is 22.7 Å². The van der Waals surface area contributed by atoms with Crippen LogP contribution in [0.5, 0.6) is 0 Å². The van der Waals surface area contributed by atoms with E-state index in [-0.39, 0.29) is 12.0 Å². The van der Waals surface area contributed by atoms with Crippen molar-refractivity contribution in [1.82, 2.24) is 0 Å². The number of nitrogens with one attached hydrogen (secondary N) is 1. The molecule has 0 saturated carbocycles. The predicted molar refractivity (Wildman–Crippen MR) is 76.0 cm³/mol. The standard InChI is InChI=1S/C13H15BrClNO2/c14-11-5-3-9(15)8-12(11)16-13(17)6-4-10-2-1-7-18-10/h3,5,8,10H,1-2,4,6-7H2,(H,16,17). The van der Waals surface area contributed by atoms with E-state index in [0.717, 1.165) is 30.3 Å². The minimum atomic E-state index is -0.00605. The molecule has 1 fully saturated rings. The van der Waals surface area contributed by atoms with Crippen molar-refractivity contribution >= 4 is 39.1 Å². The fourth-order valence-electron chi connectivity index (χ4n) is 1.97. The molecule has 1 aromatic carbocycles. The first-order chi connectivity index (χ1) is 8.65. The average molecular weight is 333 g/mol. The van der Waals surface area contributed by atoms with Gasteiger partial charge >= 0.3 is 0 Å². The van der Waals surface area contributed by atoms with Crippen LogP contribution in [0.2, 0.25) is 5.02 Å². The normalized spacial score (nSPS) is 18.9. The van der Waals surface area contributed by atoms with Crippen molar-refractivity contribution in [3.05, 3.63) is 27.7 Å². The monoisotopic (exact) mass is 331 g/mol. The molecule has 0 spiro atoms. The highest BCUT2D eigenvalue weighted by Crippen LogP contribution is 2.26. The van der Waals surface area contributed by atoms with Crippen molar-refractivity contribution in [2.24, 2.45) is 0 Å². The molecule has 1 saturated heterocycles. The van der Waals surface area contributed by atoms with Crippen molar-refractivity contribution in [1.29, 1.82) is 0 Å². The Morgan fingerprint density at radius 2 is 2.39 bits per heavy atom. The molecule has 1 atom stereocenters. The molecule has 1 heterocycles. The fourth-order valence-corrected chi connectivity index (χ4v) is 2.49. The quantitative estimate of drug-likeness (QED) is 0.905. The first kappa shape index (κ1) is 13.8. The summed E-state index contributed by atoms with van der Waals surface area (Å²) in [7, 11) is 0. The number of hydrogen-bond acceptors (Lipinski definition) is 2. The lowest BCUT2D eigenvalue weighted by Crippen LogP contribution is -2.15. The van der Waals surface area contributed by atoms with E-state index in [0.29, 0.717) is 17.1 Å². The molecule has 5 heteroatoms. The summed E-state index contributed by atoms with van der Waals surface area (Å²) in [6, 6.07) is 5.32. The van der Waals surface area contributed by atoms with Crippen LogP contribution in [-0.2, 0) is 9.53 Å². The summed E-state index contributed by atoms with van der Waals surface area (Å²) in [5.74, 6) is -0.00605. The van der Waals surface area contributed by atoms with Crippen LogP contribution in [-0.4, -0.2) is 18.6 Å². The van der Waals surface area contributed by atoms with Gasteiger partial charge in [0, 0.05) is 22.5 Å². The molecule has 0 bridgehead atoms. The molecular weight excluding hydrogens is 318 g/mol. The lowest BCUT2D eigenvalue weighted by molar-refractivity contribution is -0.116. The molecule has 1 N–H and O–H groups in total. The minimum Gasteiger partial charge on any atom is -0.378 e. The molecular formula is C13H15BrClNO2. The van der Waals surface area contributed by atoms with Gasteiger partial charge in [0.15, 0.2) is 0 Å². The highest BCUT2D eigenvalue weighted by atomic mass is 79.9. The highest BCUT2D eigenvalue weighted by molar-refractivity contribution is 9.10. The molecule has 1 aliphatic rings. The van der Waals surface area contributed by atoms with E-state index in [4.69, 9.17) is 16.3 Å². The van der Waals surface area contributed by atoms with Gasteiger partial charge in [0.1, 0.15) is 0 Å². The number of ether oxygens (including phenoxy) is 1. The van der Waals surface area contributed by atoms with Crippen LogP contribution in [0.1, 0.15) is 25.7 Å². The van der Waals surface area contributed by atoms with Gasteiger partial charge in [0.25, 0.3) is 0 Å².